The number of rotatable bonds is 6. The van der Waals surface area contributed by atoms with Crippen LogP contribution in [0.3, 0.4) is 0 Å². The Hall–Kier alpha value is -0.970. The predicted octanol–water partition coefficient (Wildman–Crippen LogP) is 2.04. The topological polar surface area (TPSA) is 41.5 Å². The van der Waals surface area contributed by atoms with Crippen LogP contribution in [0.25, 0.3) is 0 Å². The molecule has 0 heterocycles. The van der Waals surface area contributed by atoms with Crippen LogP contribution in [0.4, 0.5) is 4.39 Å². The molecule has 1 atom stereocenters. The number of hydroxylamine groups is 1. The highest BCUT2D eigenvalue weighted by molar-refractivity contribution is 5.19. The molecule has 0 aromatic heterocycles. The third-order valence-corrected chi connectivity index (χ3v) is 2.06. The maximum atomic E-state index is 13.2. The lowest BCUT2D eigenvalue weighted by atomic mass is 10.1. The minimum absolute atomic E-state index is 0.174. The average Bonchev–Trinajstić information content (AvgIpc) is 2.24. The molecule has 2 N–H and O–H groups in total. The summed E-state index contributed by atoms with van der Waals surface area (Å²) in [7, 11) is 0. The van der Waals surface area contributed by atoms with Gasteiger partial charge in [-0.15, -0.1) is 0 Å². The highest BCUT2D eigenvalue weighted by Gasteiger charge is 2.11. The van der Waals surface area contributed by atoms with Crippen molar-refractivity contribution in [2.24, 2.45) is 5.92 Å². The first-order valence-corrected chi connectivity index (χ1v) is 5.38. The van der Waals surface area contributed by atoms with E-state index >= 15 is 0 Å². The summed E-state index contributed by atoms with van der Waals surface area (Å²) in [5, 5.41) is 9.68. The monoisotopic (exact) mass is 227 g/mol. The molecule has 0 aliphatic carbocycles. The van der Waals surface area contributed by atoms with Crippen molar-refractivity contribution in [3.63, 3.8) is 0 Å². The van der Waals surface area contributed by atoms with E-state index < -0.39 is 11.9 Å². The van der Waals surface area contributed by atoms with Crippen LogP contribution in [-0.4, -0.2) is 18.3 Å². The van der Waals surface area contributed by atoms with E-state index in [1.807, 2.05) is 13.8 Å². The molecular formula is C12H18FNO2. The Morgan fingerprint density at radius 3 is 2.69 bits per heavy atom. The fourth-order valence-electron chi connectivity index (χ4n) is 1.22. The third kappa shape index (κ3) is 4.26. The Labute approximate surface area is 95.2 Å². The Balaban J connectivity index is 2.35. The third-order valence-electron chi connectivity index (χ3n) is 2.06. The first-order valence-electron chi connectivity index (χ1n) is 5.38. The Morgan fingerprint density at radius 1 is 1.38 bits per heavy atom. The van der Waals surface area contributed by atoms with Gasteiger partial charge in [0.2, 0.25) is 0 Å². The molecule has 4 heteroatoms. The minimum atomic E-state index is -0.895. The van der Waals surface area contributed by atoms with Gasteiger partial charge in [-0.25, -0.2) is 4.39 Å². The Morgan fingerprint density at radius 2 is 2.06 bits per heavy atom. The summed E-state index contributed by atoms with van der Waals surface area (Å²) in [4.78, 5) is 5.09. The SMILES string of the molecule is CC(C)CONCC(O)c1ccccc1F. The van der Waals surface area contributed by atoms with E-state index in [-0.39, 0.29) is 12.1 Å². The molecule has 1 aromatic carbocycles. The van der Waals surface area contributed by atoms with E-state index in [0.29, 0.717) is 12.5 Å². The second kappa shape index (κ2) is 6.58. The molecule has 90 valence electrons. The number of hydrogen-bond donors (Lipinski definition) is 2. The highest BCUT2D eigenvalue weighted by Crippen LogP contribution is 2.15. The zero-order chi connectivity index (χ0) is 12.0. The van der Waals surface area contributed by atoms with Crippen LogP contribution in [0.1, 0.15) is 25.5 Å². The molecule has 0 aliphatic rings. The minimum Gasteiger partial charge on any atom is -0.387 e. The predicted molar refractivity (Wildman–Crippen MR) is 60.2 cm³/mol. The van der Waals surface area contributed by atoms with Gasteiger partial charge in [0.15, 0.2) is 0 Å². The lowest BCUT2D eigenvalue weighted by Crippen LogP contribution is -2.24. The van der Waals surface area contributed by atoms with Crippen LogP contribution in [0.15, 0.2) is 24.3 Å². The van der Waals surface area contributed by atoms with Crippen molar-refractivity contribution in [1.29, 1.82) is 0 Å². The molecule has 0 bridgehead atoms. The van der Waals surface area contributed by atoms with E-state index in [4.69, 9.17) is 4.84 Å². The number of hydrogen-bond acceptors (Lipinski definition) is 3. The van der Waals surface area contributed by atoms with Crippen molar-refractivity contribution < 1.29 is 14.3 Å². The summed E-state index contributed by atoms with van der Waals surface area (Å²) in [6.07, 6.45) is -0.895. The largest absolute Gasteiger partial charge is 0.387 e. The quantitative estimate of drug-likeness (QED) is 0.577. The van der Waals surface area contributed by atoms with Gasteiger partial charge in [0.25, 0.3) is 0 Å². The van der Waals surface area contributed by atoms with E-state index in [2.05, 4.69) is 5.48 Å². The van der Waals surface area contributed by atoms with Crippen molar-refractivity contribution in [2.75, 3.05) is 13.2 Å². The Kier molecular flexibility index (Phi) is 5.38. The van der Waals surface area contributed by atoms with Crippen molar-refractivity contribution in [2.45, 2.75) is 20.0 Å². The normalized spacial score (nSPS) is 13.1. The van der Waals surface area contributed by atoms with E-state index in [0.717, 1.165) is 0 Å². The second-order valence-corrected chi connectivity index (χ2v) is 4.09. The molecule has 0 aliphatic heterocycles. The van der Waals surface area contributed by atoms with E-state index in [9.17, 15) is 9.50 Å². The van der Waals surface area contributed by atoms with E-state index in [1.165, 1.54) is 6.07 Å². The van der Waals surface area contributed by atoms with E-state index in [1.54, 1.807) is 18.2 Å². The molecule has 0 saturated heterocycles. The average molecular weight is 227 g/mol. The van der Waals surface area contributed by atoms with Gasteiger partial charge >= 0.3 is 0 Å². The van der Waals surface area contributed by atoms with Gasteiger partial charge in [-0.2, -0.15) is 5.48 Å². The standard InChI is InChI=1S/C12H18FNO2/c1-9(2)8-16-14-7-12(15)10-5-3-4-6-11(10)13/h3-6,9,12,14-15H,7-8H2,1-2H3. The number of benzene rings is 1. The number of aliphatic hydroxyl groups is 1. The van der Waals surface area contributed by atoms with Crippen LogP contribution < -0.4 is 5.48 Å². The summed E-state index contributed by atoms with van der Waals surface area (Å²) in [5.74, 6) is 0.0127. The first kappa shape index (κ1) is 13.1. The summed E-state index contributed by atoms with van der Waals surface area (Å²) in [5.41, 5.74) is 2.91. The molecule has 0 saturated carbocycles. The van der Waals surface area contributed by atoms with Gasteiger partial charge in [-0.1, -0.05) is 32.0 Å². The smallest absolute Gasteiger partial charge is 0.129 e. The van der Waals surface area contributed by atoms with Gasteiger partial charge in [0.1, 0.15) is 5.82 Å². The van der Waals surface area contributed by atoms with Crippen LogP contribution in [-0.2, 0) is 4.84 Å². The van der Waals surface area contributed by atoms with Gasteiger partial charge in [0, 0.05) is 5.56 Å². The highest BCUT2D eigenvalue weighted by atomic mass is 19.1. The molecule has 3 nitrogen and oxygen atoms in total. The number of nitrogens with one attached hydrogen (secondary N) is 1. The summed E-state index contributed by atoms with van der Waals surface area (Å²) in [6.45, 7) is 4.78. The Bertz CT molecular complexity index is 318. The molecule has 1 unspecified atom stereocenters. The summed E-state index contributed by atoms with van der Waals surface area (Å²) >= 11 is 0. The maximum Gasteiger partial charge on any atom is 0.129 e. The molecule has 0 amide bonds. The zero-order valence-electron chi connectivity index (χ0n) is 9.61. The van der Waals surface area contributed by atoms with Crippen molar-refractivity contribution in [3.05, 3.63) is 35.6 Å². The van der Waals surface area contributed by atoms with Crippen LogP contribution in [0.5, 0.6) is 0 Å². The number of halogens is 1. The molecule has 0 radical (unpaired) electrons. The fourth-order valence-corrected chi connectivity index (χ4v) is 1.22. The molecule has 1 aromatic rings. The number of aliphatic hydroxyl groups excluding tert-OH is 1. The molecule has 16 heavy (non-hydrogen) atoms. The summed E-state index contributed by atoms with van der Waals surface area (Å²) in [6, 6.07) is 6.17. The maximum absolute atomic E-state index is 13.2. The van der Waals surface area contributed by atoms with Crippen molar-refractivity contribution in [1.82, 2.24) is 5.48 Å². The van der Waals surface area contributed by atoms with Crippen LogP contribution in [0, 0.1) is 11.7 Å². The van der Waals surface area contributed by atoms with Gasteiger partial charge in [-0.05, 0) is 12.0 Å². The van der Waals surface area contributed by atoms with Crippen LogP contribution in [0.2, 0.25) is 0 Å². The van der Waals surface area contributed by atoms with Crippen molar-refractivity contribution in [3.8, 4) is 0 Å². The molecule has 0 fully saturated rings. The lowest BCUT2D eigenvalue weighted by molar-refractivity contribution is -0.000207. The first-order chi connectivity index (χ1) is 7.61. The molecule has 0 spiro atoms. The van der Waals surface area contributed by atoms with Crippen molar-refractivity contribution >= 4 is 0 Å². The van der Waals surface area contributed by atoms with Gasteiger partial charge < -0.3 is 9.94 Å². The second-order valence-electron chi connectivity index (χ2n) is 4.09. The van der Waals surface area contributed by atoms with Gasteiger partial charge in [0.05, 0.1) is 19.3 Å². The molecule has 1 rings (SSSR count). The van der Waals surface area contributed by atoms with Crippen LogP contribution >= 0.6 is 0 Å². The zero-order valence-corrected chi connectivity index (χ0v) is 9.61. The summed E-state index contributed by atoms with van der Waals surface area (Å²) < 4.78 is 13.2. The fraction of sp³-hybridized carbons (Fsp3) is 0.500. The van der Waals surface area contributed by atoms with Gasteiger partial charge in [-0.3, -0.25) is 0 Å². The molecular weight excluding hydrogens is 209 g/mol. The lowest BCUT2D eigenvalue weighted by Gasteiger charge is -2.13.